The molecule has 0 radical (unpaired) electrons. The van der Waals surface area contributed by atoms with Crippen molar-refractivity contribution >= 4 is 17.5 Å². The number of nitriles is 1. The molecule has 7 nitrogen and oxygen atoms in total. The van der Waals surface area contributed by atoms with Crippen molar-refractivity contribution in [3.8, 4) is 17.4 Å². The van der Waals surface area contributed by atoms with Crippen molar-refractivity contribution in [3.05, 3.63) is 77.8 Å². The maximum atomic E-state index is 13.6. The summed E-state index contributed by atoms with van der Waals surface area (Å²) in [5.41, 5.74) is 1.96. The Morgan fingerprint density at radius 1 is 1.05 bits per heavy atom. The Morgan fingerprint density at radius 3 is 2.53 bits per heavy atom. The molecule has 0 saturated heterocycles. The van der Waals surface area contributed by atoms with Crippen molar-refractivity contribution in [2.24, 2.45) is 5.92 Å². The van der Waals surface area contributed by atoms with Gasteiger partial charge in [-0.15, -0.1) is 0 Å². The van der Waals surface area contributed by atoms with Crippen LogP contribution < -0.4 is 16.0 Å². The maximum absolute atomic E-state index is 13.6. The second-order valence-electron chi connectivity index (χ2n) is 9.92. The van der Waals surface area contributed by atoms with Crippen LogP contribution in [0, 0.1) is 23.1 Å². The zero-order valence-corrected chi connectivity index (χ0v) is 21.5. The van der Waals surface area contributed by atoms with Crippen molar-refractivity contribution in [3.63, 3.8) is 0 Å². The number of hydrogen-bond acceptors (Lipinski definition) is 5. The van der Waals surface area contributed by atoms with E-state index >= 15 is 0 Å². The molecule has 2 aromatic carbocycles. The summed E-state index contributed by atoms with van der Waals surface area (Å²) in [6.45, 7) is 2.38. The summed E-state index contributed by atoms with van der Waals surface area (Å²) in [5.74, 6) is -0.295. The molecule has 1 saturated carbocycles. The molecule has 0 spiro atoms. The van der Waals surface area contributed by atoms with Gasteiger partial charge in [0.25, 0.3) is 5.91 Å². The first-order valence-corrected chi connectivity index (χ1v) is 13.1. The van der Waals surface area contributed by atoms with Gasteiger partial charge in [-0.1, -0.05) is 44.2 Å². The van der Waals surface area contributed by atoms with E-state index in [4.69, 9.17) is 9.68 Å². The fourth-order valence-corrected chi connectivity index (χ4v) is 4.80. The van der Waals surface area contributed by atoms with E-state index in [2.05, 4.69) is 22.0 Å². The van der Waals surface area contributed by atoms with Crippen molar-refractivity contribution in [2.75, 3.05) is 11.9 Å². The summed E-state index contributed by atoms with van der Waals surface area (Å²) in [6, 6.07) is 17.4. The third-order valence-electron chi connectivity index (χ3n) is 6.87. The Hall–Kier alpha value is -4.12. The van der Waals surface area contributed by atoms with Gasteiger partial charge >= 0.3 is 0 Å². The van der Waals surface area contributed by atoms with Crippen LogP contribution in [0.1, 0.15) is 61.6 Å². The molecule has 3 N–H and O–H groups in total. The standard InChI is InChI=1S/C30H33FN4O3/c1-20(19-33-25-12-10-22(18-32)11-13-25)34-29(36)26(16-21-6-3-2-4-7-21)35-30(37)28-15-14-27(38-28)23-8-5-9-24(31)17-23/h5,8-15,17,20-21,26,33H,2-4,6-7,16,19H2,1H3,(H,34,36)(H,35,37)/t20-,26?/m0/s1. The number of carbonyl (C=O) groups excluding carboxylic acids is 2. The summed E-state index contributed by atoms with van der Waals surface area (Å²) >= 11 is 0. The predicted molar refractivity (Wildman–Crippen MR) is 144 cm³/mol. The SMILES string of the molecule is C[C@@H](CNc1ccc(C#N)cc1)NC(=O)C(CC1CCCCC1)NC(=O)c1ccc(-c2cccc(F)c2)o1. The van der Waals surface area contributed by atoms with Crippen molar-refractivity contribution in [1.82, 2.24) is 10.6 Å². The summed E-state index contributed by atoms with van der Waals surface area (Å²) < 4.78 is 19.3. The Morgan fingerprint density at radius 2 is 1.82 bits per heavy atom. The van der Waals surface area contributed by atoms with Crippen LogP contribution in [0.15, 0.2) is 65.1 Å². The highest BCUT2D eigenvalue weighted by Crippen LogP contribution is 2.28. The van der Waals surface area contributed by atoms with Crippen LogP contribution in [0.25, 0.3) is 11.3 Å². The second kappa shape index (κ2) is 12.9. The van der Waals surface area contributed by atoms with Gasteiger partial charge in [0.1, 0.15) is 17.6 Å². The molecule has 1 aliphatic carbocycles. The van der Waals surface area contributed by atoms with Crippen LogP contribution in [0.2, 0.25) is 0 Å². The Kier molecular flexibility index (Phi) is 9.15. The molecule has 2 atom stereocenters. The molecule has 1 heterocycles. The molecule has 1 unspecified atom stereocenters. The molecule has 0 aliphatic heterocycles. The Bertz CT molecular complexity index is 1280. The van der Waals surface area contributed by atoms with Gasteiger partial charge in [0.15, 0.2) is 5.76 Å². The number of furan rings is 1. The fourth-order valence-electron chi connectivity index (χ4n) is 4.80. The van der Waals surface area contributed by atoms with E-state index in [1.54, 1.807) is 30.3 Å². The Labute approximate surface area is 222 Å². The van der Waals surface area contributed by atoms with Gasteiger partial charge in [0.05, 0.1) is 11.6 Å². The van der Waals surface area contributed by atoms with E-state index in [-0.39, 0.29) is 17.7 Å². The van der Waals surface area contributed by atoms with E-state index in [1.165, 1.54) is 24.6 Å². The predicted octanol–water partition coefficient (Wildman–Crippen LogP) is 5.64. The van der Waals surface area contributed by atoms with E-state index in [9.17, 15) is 14.0 Å². The van der Waals surface area contributed by atoms with Gasteiger partial charge in [-0.2, -0.15) is 5.26 Å². The van der Waals surface area contributed by atoms with Crippen molar-refractivity contribution in [2.45, 2.75) is 57.5 Å². The highest BCUT2D eigenvalue weighted by atomic mass is 19.1. The van der Waals surface area contributed by atoms with E-state index in [1.807, 2.05) is 19.1 Å². The summed E-state index contributed by atoms with van der Waals surface area (Å²) in [7, 11) is 0. The average molecular weight is 517 g/mol. The lowest BCUT2D eigenvalue weighted by molar-refractivity contribution is -0.124. The fraction of sp³-hybridized carbons (Fsp3) is 0.367. The van der Waals surface area contributed by atoms with Crippen LogP contribution in [-0.4, -0.2) is 30.4 Å². The van der Waals surface area contributed by atoms with Crippen LogP contribution in [0.4, 0.5) is 10.1 Å². The number of anilines is 1. The molecular weight excluding hydrogens is 483 g/mol. The molecule has 4 rings (SSSR count). The topological polar surface area (TPSA) is 107 Å². The molecule has 1 fully saturated rings. The minimum Gasteiger partial charge on any atom is -0.451 e. The minimum absolute atomic E-state index is 0.0706. The number of hydrogen-bond donors (Lipinski definition) is 3. The number of halogens is 1. The minimum atomic E-state index is -0.703. The van der Waals surface area contributed by atoms with Gasteiger partial charge in [-0.25, -0.2) is 4.39 Å². The first-order chi connectivity index (χ1) is 18.4. The number of nitrogens with one attached hydrogen (secondary N) is 3. The van der Waals surface area contributed by atoms with Gasteiger partial charge in [0, 0.05) is 23.8 Å². The summed E-state index contributed by atoms with van der Waals surface area (Å²) in [5, 5.41) is 18.1. The normalized spacial score (nSPS) is 15.2. The average Bonchev–Trinajstić information content (AvgIpc) is 3.43. The van der Waals surface area contributed by atoms with Gasteiger partial charge in [-0.3, -0.25) is 9.59 Å². The van der Waals surface area contributed by atoms with Crippen molar-refractivity contribution < 1.29 is 18.4 Å². The molecule has 2 amide bonds. The lowest BCUT2D eigenvalue weighted by atomic mass is 9.84. The van der Waals surface area contributed by atoms with Crippen LogP contribution in [-0.2, 0) is 4.79 Å². The largest absolute Gasteiger partial charge is 0.451 e. The molecule has 0 bridgehead atoms. The van der Waals surface area contributed by atoms with Crippen LogP contribution in [0.5, 0.6) is 0 Å². The third-order valence-corrected chi connectivity index (χ3v) is 6.87. The first kappa shape index (κ1) is 26.9. The molecule has 1 aliphatic rings. The molecule has 1 aromatic heterocycles. The summed E-state index contributed by atoms with van der Waals surface area (Å²) in [4.78, 5) is 26.4. The van der Waals surface area contributed by atoms with Gasteiger partial charge in [-0.05, 0) is 67.8 Å². The lowest BCUT2D eigenvalue weighted by Gasteiger charge is -2.27. The van der Waals surface area contributed by atoms with Crippen LogP contribution in [0.3, 0.4) is 0 Å². The molecule has 3 aromatic rings. The number of carbonyl (C=O) groups is 2. The molecule has 38 heavy (non-hydrogen) atoms. The van der Waals surface area contributed by atoms with Crippen molar-refractivity contribution in [1.29, 1.82) is 5.26 Å². The zero-order valence-electron chi connectivity index (χ0n) is 21.5. The first-order valence-electron chi connectivity index (χ1n) is 13.1. The molecular formula is C30H33FN4O3. The molecule has 198 valence electrons. The highest BCUT2D eigenvalue weighted by Gasteiger charge is 2.28. The second-order valence-corrected chi connectivity index (χ2v) is 9.92. The number of nitrogens with zero attached hydrogens (tertiary/aromatic N) is 1. The highest BCUT2D eigenvalue weighted by molar-refractivity contribution is 5.96. The lowest BCUT2D eigenvalue weighted by Crippen LogP contribution is -2.51. The smallest absolute Gasteiger partial charge is 0.287 e. The molecule has 8 heteroatoms. The van der Waals surface area contributed by atoms with Gasteiger partial charge < -0.3 is 20.4 Å². The van der Waals surface area contributed by atoms with E-state index < -0.39 is 17.8 Å². The third kappa shape index (κ3) is 7.45. The van der Waals surface area contributed by atoms with Crippen LogP contribution >= 0.6 is 0 Å². The number of rotatable bonds is 10. The Balaban J connectivity index is 1.39. The number of benzene rings is 2. The monoisotopic (exact) mass is 516 g/mol. The number of amides is 2. The van der Waals surface area contributed by atoms with E-state index in [0.29, 0.717) is 35.8 Å². The van der Waals surface area contributed by atoms with Gasteiger partial charge in [0.2, 0.25) is 5.91 Å². The zero-order chi connectivity index (χ0) is 26.9. The quantitative estimate of drug-likeness (QED) is 0.323. The maximum Gasteiger partial charge on any atom is 0.287 e. The van der Waals surface area contributed by atoms with E-state index in [0.717, 1.165) is 31.4 Å². The summed E-state index contributed by atoms with van der Waals surface area (Å²) in [6.07, 6.45) is 6.11.